The molecule has 0 aliphatic heterocycles. The van der Waals surface area contributed by atoms with Crippen LogP contribution in [0.15, 0.2) is 51.8 Å². The van der Waals surface area contributed by atoms with Crippen LogP contribution in [-0.4, -0.2) is 15.5 Å². The van der Waals surface area contributed by atoms with Crippen molar-refractivity contribution in [3.8, 4) is 17.6 Å². The molecule has 0 heterocycles. The second-order valence-electron chi connectivity index (χ2n) is 3.97. The Morgan fingerprint density at radius 1 is 1.14 bits per heavy atom. The SMILES string of the molecule is COc1cc(C#N)ccc1OS(=O)(=O)c1cccc(Br)c1. The van der Waals surface area contributed by atoms with E-state index < -0.39 is 10.1 Å². The van der Waals surface area contributed by atoms with Gasteiger partial charge in [-0.15, -0.1) is 0 Å². The highest BCUT2D eigenvalue weighted by Gasteiger charge is 2.19. The predicted molar refractivity (Wildman–Crippen MR) is 79.7 cm³/mol. The van der Waals surface area contributed by atoms with Gasteiger partial charge in [-0.25, -0.2) is 0 Å². The summed E-state index contributed by atoms with van der Waals surface area (Å²) in [5.74, 6) is 0.198. The van der Waals surface area contributed by atoms with Crippen LogP contribution in [0.4, 0.5) is 0 Å². The molecule has 0 saturated carbocycles. The summed E-state index contributed by atoms with van der Waals surface area (Å²) in [5, 5.41) is 8.82. The van der Waals surface area contributed by atoms with Crippen molar-refractivity contribution in [3.05, 3.63) is 52.5 Å². The van der Waals surface area contributed by atoms with Crippen LogP contribution in [0.1, 0.15) is 5.56 Å². The van der Waals surface area contributed by atoms with E-state index in [0.29, 0.717) is 10.0 Å². The number of hydrogen-bond donors (Lipinski definition) is 0. The van der Waals surface area contributed by atoms with Crippen LogP contribution in [0.5, 0.6) is 11.5 Å². The third-order valence-corrected chi connectivity index (χ3v) is 4.30. The average molecular weight is 368 g/mol. The van der Waals surface area contributed by atoms with Crippen LogP contribution in [-0.2, 0) is 10.1 Å². The van der Waals surface area contributed by atoms with Crippen LogP contribution < -0.4 is 8.92 Å². The predicted octanol–water partition coefficient (Wildman–Crippen LogP) is 3.10. The normalized spacial score (nSPS) is 10.7. The van der Waals surface area contributed by atoms with E-state index in [1.807, 2.05) is 6.07 Å². The lowest BCUT2D eigenvalue weighted by Gasteiger charge is -2.11. The van der Waals surface area contributed by atoms with Gasteiger partial charge in [0.15, 0.2) is 11.5 Å². The van der Waals surface area contributed by atoms with Crippen molar-refractivity contribution in [1.29, 1.82) is 5.26 Å². The zero-order chi connectivity index (χ0) is 15.5. The zero-order valence-corrected chi connectivity index (χ0v) is 13.3. The van der Waals surface area contributed by atoms with Crippen molar-refractivity contribution in [2.45, 2.75) is 4.90 Å². The summed E-state index contributed by atoms with van der Waals surface area (Å²) in [6.45, 7) is 0. The quantitative estimate of drug-likeness (QED) is 0.776. The maximum Gasteiger partial charge on any atom is 0.339 e. The molecule has 21 heavy (non-hydrogen) atoms. The Morgan fingerprint density at radius 2 is 1.90 bits per heavy atom. The molecule has 0 aliphatic carbocycles. The van der Waals surface area contributed by atoms with Gasteiger partial charge in [-0.1, -0.05) is 22.0 Å². The summed E-state index contributed by atoms with van der Waals surface area (Å²) in [5.41, 5.74) is 0.346. The number of hydrogen-bond acceptors (Lipinski definition) is 5. The van der Waals surface area contributed by atoms with Gasteiger partial charge in [0.25, 0.3) is 0 Å². The second-order valence-corrected chi connectivity index (χ2v) is 6.43. The fourth-order valence-corrected chi connectivity index (χ4v) is 3.13. The van der Waals surface area contributed by atoms with Crippen molar-refractivity contribution in [2.75, 3.05) is 7.11 Å². The fourth-order valence-electron chi connectivity index (χ4n) is 1.59. The molecule has 0 aromatic heterocycles. The Balaban J connectivity index is 2.40. The third-order valence-electron chi connectivity index (χ3n) is 2.58. The van der Waals surface area contributed by atoms with Crippen LogP contribution >= 0.6 is 15.9 Å². The standard InChI is InChI=1S/C14H10BrNO4S/c1-19-14-7-10(9-16)5-6-13(14)20-21(17,18)12-4-2-3-11(15)8-12/h2-8H,1H3. The van der Waals surface area contributed by atoms with Gasteiger partial charge in [0.1, 0.15) is 4.90 Å². The first-order chi connectivity index (χ1) is 9.96. The molecule has 2 aromatic rings. The minimum atomic E-state index is -3.98. The van der Waals surface area contributed by atoms with Gasteiger partial charge >= 0.3 is 10.1 Å². The highest BCUT2D eigenvalue weighted by Crippen LogP contribution is 2.31. The molecule has 0 aliphatic rings. The van der Waals surface area contributed by atoms with E-state index in [4.69, 9.17) is 14.2 Å². The Hall–Kier alpha value is -2.04. The van der Waals surface area contributed by atoms with Crippen LogP contribution in [0, 0.1) is 11.3 Å². The van der Waals surface area contributed by atoms with E-state index in [9.17, 15) is 8.42 Å². The lowest BCUT2D eigenvalue weighted by atomic mass is 10.2. The van der Waals surface area contributed by atoms with Crippen molar-refractivity contribution < 1.29 is 17.3 Å². The van der Waals surface area contributed by atoms with Gasteiger partial charge in [0.05, 0.1) is 18.7 Å². The van der Waals surface area contributed by atoms with Gasteiger partial charge in [0.2, 0.25) is 0 Å². The number of ether oxygens (including phenoxy) is 1. The number of nitrogens with zero attached hydrogens (tertiary/aromatic N) is 1. The first-order valence-corrected chi connectivity index (χ1v) is 7.94. The van der Waals surface area contributed by atoms with E-state index >= 15 is 0 Å². The first-order valence-electron chi connectivity index (χ1n) is 5.74. The molecular formula is C14H10BrNO4S. The topological polar surface area (TPSA) is 76.4 Å². The molecule has 0 radical (unpaired) electrons. The maximum atomic E-state index is 12.2. The smallest absolute Gasteiger partial charge is 0.339 e. The van der Waals surface area contributed by atoms with Crippen molar-refractivity contribution in [2.24, 2.45) is 0 Å². The van der Waals surface area contributed by atoms with Crippen LogP contribution in [0.25, 0.3) is 0 Å². The molecule has 0 amide bonds. The zero-order valence-electron chi connectivity index (χ0n) is 10.9. The van der Waals surface area contributed by atoms with Gasteiger partial charge < -0.3 is 8.92 Å². The van der Waals surface area contributed by atoms with E-state index in [1.165, 1.54) is 37.4 Å². The molecule has 0 fully saturated rings. The summed E-state index contributed by atoms with van der Waals surface area (Å²) < 4.78 is 35.2. The van der Waals surface area contributed by atoms with Gasteiger partial charge in [0, 0.05) is 10.5 Å². The Kier molecular flexibility index (Phi) is 4.50. The number of rotatable bonds is 4. The summed E-state index contributed by atoms with van der Waals surface area (Å²) in [6, 6.07) is 12.3. The molecular weight excluding hydrogens is 358 g/mol. The first kappa shape index (κ1) is 15.4. The second kappa shape index (κ2) is 6.16. The number of nitriles is 1. The minimum absolute atomic E-state index is 0.0169. The molecule has 0 bridgehead atoms. The molecule has 2 aromatic carbocycles. The molecule has 0 N–H and O–H groups in total. The molecule has 2 rings (SSSR count). The summed E-state index contributed by atoms with van der Waals surface area (Å²) in [4.78, 5) is 0.0169. The fraction of sp³-hybridized carbons (Fsp3) is 0.0714. The molecule has 7 heteroatoms. The molecule has 5 nitrogen and oxygen atoms in total. The van der Waals surface area contributed by atoms with E-state index in [2.05, 4.69) is 15.9 Å². The maximum absolute atomic E-state index is 12.2. The molecule has 0 spiro atoms. The summed E-state index contributed by atoms with van der Waals surface area (Å²) >= 11 is 3.21. The lowest BCUT2D eigenvalue weighted by molar-refractivity contribution is 0.390. The minimum Gasteiger partial charge on any atom is -0.493 e. The Morgan fingerprint density at radius 3 is 2.52 bits per heavy atom. The molecule has 0 atom stereocenters. The van der Waals surface area contributed by atoms with Gasteiger partial charge in [-0.2, -0.15) is 13.7 Å². The van der Waals surface area contributed by atoms with Crippen molar-refractivity contribution in [1.82, 2.24) is 0 Å². The molecule has 0 unspecified atom stereocenters. The summed E-state index contributed by atoms with van der Waals surface area (Å²) in [7, 11) is -2.61. The average Bonchev–Trinajstić information content (AvgIpc) is 2.47. The monoisotopic (exact) mass is 367 g/mol. The highest BCUT2D eigenvalue weighted by molar-refractivity contribution is 9.10. The third kappa shape index (κ3) is 3.54. The van der Waals surface area contributed by atoms with Crippen LogP contribution in [0.2, 0.25) is 0 Å². The Labute approximate surface area is 131 Å². The molecule has 108 valence electrons. The highest BCUT2D eigenvalue weighted by atomic mass is 79.9. The van der Waals surface area contributed by atoms with E-state index in [-0.39, 0.29) is 16.4 Å². The lowest BCUT2D eigenvalue weighted by Crippen LogP contribution is -2.10. The molecule has 0 saturated heterocycles. The van der Waals surface area contributed by atoms with E-state index in [0.717, 1.165) is 0 Å². The summed E-state index contributed by atoms with van der Waals surface area (Å²) in [6.07, 6.45) is 0. The van der Waals surface area contributed by atoms with Crippen molar-refractivity contribution >= 4 is 26.0 Å². The van der Waals surface area contributed by atoms with Gasteiger partial charge in [-0.3, -0.25) is 0 Å². The number of halogens is 1. The van der Waals surface area contributed by atoms with Gasteiger partial charge in [-0.05, 0) is 30.3 Å². The number of methoxy groups -OCH3 is 1. The largest absolute Gasteiger partial charge is 0.493 e. The van der Waals surface area contributed by atoms with E-state index in [1.54, 1.807) is 12.1 Å². The number of benzene rings is 2. The van der Waals surface area contributed by atoms with Crippen molar-refractivity contribution in [3.63, 3.8) is 0 Å². The van der Waals surface area contributed by atoms with Crippen LogP contribution in [0.3, 0.4) is 0 Å². The Bertz CT molecular complexity index is 812.